The summed E-state index contributed by atoms with van der Waals surface area (Å²) in [6.45, 7) is 0. The van der Waals surface area contributed by atoms with Gasteiger partial charge in [-0.15, -0.1) is 11.6 Å². The molecule has 2 rings (SSSR count). The highest BCUT2D eigenvalue weighted by molar-refractivity contribution is 6.30. The zero-order chi connectivity index (χ0) is 14.0. The van der Waals surface area contributed by atoms with E-state index in [1.807, 2.05) is 0 Å². The van der Waals surface area contributed by atoms with E-state index in [9.17, 15) is 8.78 Å². The topological polar surface area (TPSA) is 9.23 Å². The maximum absolute atomic E-state index is 13.8. The van der Waals surface area contributed by atoms with Gasteiger partial charge in [-0.1, -0.05) is 23.7 Å². The van der Waals surface area contributed by atoms with Crippen molar-refractivity contribution in [1.29, 1.82) is 0 Å². The second-order valence-electron chi connectivity index (χ2n) is 3.92. The van der Waals surface area contributed by atoms with E-state index in [2.05, 4.69) is 0 Å². The molecular weight excluding hydrogens is 293 g/mol. The van der Waals surface area contributed by atoms with E-state index in [0.717, 1.165) is 12.1 Å². The van der Waals surface area contributed by atoms with Crippen LogP contribution in [0.2, 0.25) is 5.02 Å². The molecule has 1 unspecified atom stereocenters. The summed E-state index contributed by atoms with van der Waals surface area (Å²) in [7, 11) is 1.54. The van der Waals surface area contributed by atoms with Gasteiger partial charge < -0.3 is 4.74 Å². The Hall–Kier alpha value is -1.32. The molecular formula is C14H10Cl2F2O. The van der Waals surface area contributed by atoms with E-state index in [4.69, 9.17) is 27.9 Å². The van der Waals surface area contributed by atoms with Crippen LogP contribution >= 0.6 is 23.2 Å². The Labute approximate surface area is 119 Å². The molecule has 1 nitrogen and oxygen atoms in total. The van der Waals surface area contributed by atoms with Crippen molar-refractivity contribution < 1.29 is 13.5 Å². The van der Waals surface area contributed by atoms with Crippen LogP contribution in [0.25, 0.3) is 0 Å². The van der Waals surface area contributed by atoms with Crippen molar-refractivity contribution in [3.05, 3.63) is 64.2 Å². The maximum Gasteiger partial charge on any atom is 0.142 e. The molecule has 5 heteroatoms. The second kappa shape index (κ2) is 5.76. The summed E-state index contributed by atoms with van der Waals surface area (Å²) < 4.78 is 32.1. The smallest absolute Gasteiger partial charge is 0.142 e. The molecule has 2 aromatic rings. The summed E-state index contributed by atoms with van der Waals surface area (Å²) >= 11 is 11.7. The van der Waals surface area contributed by atoms with Crippen LogP contribution < -0.4 is 4.74 Å². The summed E-state index contributed by atoms with van der Waals surface area (Å²) in [5.41, 5.74) is 0.692. The fourth-order valence-electron chi connectivity index (χ4n) is 1.68. The van der Waals surface area contributed by atoms with E-state index < -0.39 is 17.0 Å². The lowest BCUT2D eigenvalue weighted by Gasteiger charge is -2.12. The molecule has 0 spiro atoms. The van der Waals surface area contributed by atoms with Crippen LogP contribution in [0.4, 0.5) is 8.78 Å². The standard InChI is InChI=1S/C14H10Cl2F2O/c1-19-9-4-2-8(3-5-9)14(16)10-6-13(18)11(15)7-12(10)17/h2-7,14H,1H3. The molecule has 0 N–H and O–H groups in total. The third-order valence-corrected chi connectivity index (χ3v) is 3.50. The Morgan fingerprint density at radius 2 is 1.68 bits per heavy atom. The molecule has 0 aromatic heterocycles. The monoisotopic (exact) mass is 302 g/mol. The molecule has 100 valence electrons. The maximum atomic E-state index is 13.8. The van der Waals surface area contributed by atoms with Crippen LogP contribution in [0, 0.1) is 11.6 Å². The molecule has 0 saturated heterocycles. The summed E-state index contributed by atoms with van der Waals surface area (Å²) in [4.78, 5) is 0. The summed E-state index contributed by atoms with van der Waals surface area (Å²) in [6, 6.07) is 8.74. The molecule has 0 heterocycles. The minimum atomic E-state index is -0.794. The molecule has 0 radical (unpaired) electrons. The first-order valence-electron chi connectivity index (χ1n) is 5.45. The van der Waals surface area contributed by atoms with Crippen LogP contribution in [-0.4, -0.2) is 7.11 Å². The molecule has 19 heavy (non-hydrogen) atoms. The minimum Gasteiger partial charge on any atom is -0.497 e. The molecule has 2 aromatic carbocycles. The molecule has 0 bridgehead atoms. The number of halogens is 4. The predicted octanol–water partition coefficient (Wildman–Crippen LogP) is 4.96. The van der Waals surface area contributed by atoms with Crippen molar-refractivity contribution in [3.8, 4) is 5.75 Å². The summed E-state index contributed by atoms with van der Waals surface area (Å²) in [5.74, 6) is -0.671. The Morgan fingerprint density at radius 1 is 1.05 bits per heavy atom. The van der Waals surface area contributed by atoms with Gasteiger partial charge in [-0.2, -0.15) is 0 Å². The largest absolute Gasteiger partial charge is 0.497 e. The Balaban J connectivity index is 2.37. The van der Waals surface area contributed by atoms with Gasteiger partial charge in [0.05, 0.1) is 17.5 Å². The molecule has 0 fully saturated rings. The Kier molecular flexibility index (Phi) is 4.27. The number of rotatable bonds is 3. The van der Waals surface area contributed by atoms with Crippen molar-refractivity contribution in [2.24, 2.45) is 0 Å². The average molecular weight is 303 g/mol. The first-order valence-corrected chi connectivity index (χ1v) is 6.27. The SMILES string of the molecule is COc1ccc(C(Cl)c2cc(F)c(Cl)cc2F)cc1. The number of ether oxygens (including phenoxy) is 1. The van der Waals surface area contributed by atoms with Crippen molar-refractivity contribution >= 4 is 23.2 Å². The second-order valence-corrected chi connectivity index (χ2v) is 4.77. The fraction of sp³-hybridized carbons (Fsp3) is 0.143. The normalized spacial score (nSPS) is 12.3. The Morgan fingerprint density at radius 3 is 2.26 bits per heavy atom. The van der Waals surface area contributed by atoms with Crippen LogP contribution in [0.3, 0.4) is 0 Å². The van der Waals surface area contributed by atoms with E-state index in [1.54, 1.807) is 31.4 Å². The van der Waals surface area contributed by atoms with Crippen molar-refractivity contribution in [3.63, 3.8) is 0 Å². The first kappa shape index (κ1) is 14.1. The van der Waals surface area contributed by atoms with Crippen molar-refractivity contribution in [2.45, 2.75) is 5.38 Å². The molecule has 0 aliphatic heterocycles. The lowest BCUT2D eigenvalue weighted by atomic mass is 10.0. The van der Waals surface area contributed by atoms with Gasteiger partial charge in [0.15, 0.2) is 0 Å². The molecule has 0 amide bonds. The zero-order valence-electron chi connectivity index (χ0n) is 9.96. The molecule has 0 aliphatic carbocycles. The average Bonchev–Trinajstić information content (AvgIpc) is 2.42. The van der Waals surface area contributed by atoms with E-state index >= 15 is 0 Å². The molecule has 0 saturated carbocycles. The van der Waals surface area contributed by atoms with Gasteiger partial charge in [-0.05, 0) is 29.8 Å². The number of benzene rings is 2. The number of hydrogen-bond acceptors (Lipinski definition) is 1. The van der Waals surface area contributed by atoms with Crippen molar-refractivity contribution in [2.75, 3.05) is 7.11 Å². The van der Waals surface area contributed by atoms with Gasteiger partial charge in [0.1, 0.15) is 17.4 Å². The van der Waals surface area contributed by atoms with Crippen LogP contribution in [0.15, 0.2) is 36.4 Å². The highest BCUT2D eigenvalue weighted by Crippen LogP contribution is 2.33. The van der Waals surface area contributed by atoms with E-state index in [-0.39, 0.29) is 10.6 Å². The third-order valence-electron chi connectivity index (χ3n) is 2.72. The first-order chi connectivity index (χ1) is 9.02. The van der Waals surface area contributed by atoms with Crippen LogP contribution in [0.5, 0.6) is 5.75 Å². The quantitative estimate of drug-likeness (QED) is 0.575. The van der Waals surface area contributed by atoms with Gasteiger partial charge >= 0.3 is 0 Å². The van der Waals surface area contributed by atoms with E-state index in [1.165, 1.54) is 0 Å². The lowest BCUT2D eigenvalue weighted by Crippen LogP contribution is -1.99. The molecule has 0 aliphatic rings. The van der Waals surface area contributed by atoms with Gasteiger partial charge in [0.25, 0.3) is 0 Å². The highest BCUT2D eigenvalue weighted by atomic mass is 35.5. The number of hydrogen-bond donors (Lipinski definition) is 0. The fourth-order valence-corrected chi connectivity index (χ4v) is 2.15. The van der Waals surface area contributed by atoms with Gasteiger partial charge in [-0.3, -0.25) is 0 Å². The molecule has 1 atom stereocenters. The van der Waals surface area contributed by atoms with Gasteiger partial charge in [-0.25, -0.2) is 8.78 Å². The lowest BCUT2D eigenvalue weighted by molar-refractivity contribution is 0.414. The predicted molar refractivity (Wildman–Crippen MR) is 72.1 cm³/mol. The van der Waals surface area contributed by atoms with Crippen molar-refractivity contribution in [1.82, 2.24) is 0 Å². The van der Waals surface area contributed by atoms with Crippen LogP contribution in [0.1, 0.15) is 16.5 Å². The number of alkyl halides is 1. The third kappa shape index (κ3) is 2.99. The summed E-state index contributed by atoms with van der Waals surface area (Å²) in [6.07, 6.45) is 0. The van der Waals surface area contributed by atoms with Gasteiger partial charge in [0, 0.05) is 5.56 Å². The zero-order valence-corrected chi connectivity index (χ0v) is 11.5. The number of methoxy groups -OCH3 is 1. The minimum absolute atomic E-state index is 0.0498. The van der Waals surface area contributed by atoms with Crippen LogP contribution in [-0.2, 0) is 0 Å². The highest BCUT2D eigenvalue weighted by Gasteiger charge is 2.18. The van der Waals surface area contributed by atoms with Gasteiger partial charge in [0.2, 0.25) is 0 Å². The Bertz CT molecular complexity index is 585. The van der Waals surface area contributed by atoms with E-state index in [0.29, 0.717) is 11.3 Å². The summed E-state index contributed by atoms with van der Waals surface area (Å²) in [5, 5.41) is -1.06.